The first-order valence-electron chi connectivity index (χ1n) is 6.58. The van der Waals surface area contributed by atoms with Gasteiger partial charge in [0.2, 0.25) is 0 Å². The van der Waals surface area contributed by atoms with Crippen LogP contribution in [-0.2, 0) is 6.54 Å². The summed E-state index contributed by atoms with van der Waals surface area (Å²) in [6.45, 7) is 2.78. The van der Waals surface area contributed by atoms with Crippen molar-refractivity contribution in [1.29, 1.82) is 0 Å². The van der Waals surface area contributed by atoms with Crippen molar-refractivity contribution in [2.45, 2.75) is 13.5 Å². The van der Waals surface area contributed by atoms with Gasteiger partial charge in [-0.25, -0.2) is 4.98 Å². The molecule has 6 heteroatoms. The molecule has 2 heterocycles. The molecular formula is C15H16N4S2. The number of nitrogens with two attached hydrogens (primary N) is 1. The molecule has 108 valence electrons. The molecule has 0 amide bonds. The van der Waals surface area contributed by atoms with Gasteiger partial charge >= 0.3 is 0 Å². The van der Waals surface area contributed by atoms with Gasteiger partial charge in [0.05, 0.1) is 22.8 Å². The van der Waals surface area contributed by atoms with E-state index in [0.29, 0.717) is 5.82 Å². The minimum absolute atomic E-state index is 0.586. The van der Waals surface area contributed by atoms with Crippen molar-refractivity contribution in [1.82, 2.24) is 9.36 Å². The third-order valence-corrected chi connectivity index (χ3v) is 4.97. The number of aryl methyl sites for hydroxylation is 1. The van der Waals surface area contributed by atoms with Crippen LogP contribution < -0.4 is 10.6 Å². The molecule has 0 spiro atoms. The SMILES string of the molecule is Cc1nc(CN(C)c2snc(N)c2-c2ccccc2)cs1. The van der Waals surface area contributed by atoms with Crippen LogP contribution in [0, 0.1) is 6.92 Å². The van der Waals surface area contributed by atoms with Gasteiger partial charge in [0.1, 0.15) is 10.8 Å². The second-order valence-corrected chi connectivity index (χ2v) is 6.64. The molecule has 0 aliphatic rings. The first kappa shape index (κ1) is 14.0. The van der Waals surface area contributed by atoms with E-state index in [9.17, 15) is 0 Å². The molecule has 4 nitrogen and oxygen atoms in total. The van der Waals surface area contributed by atoms with Crippen molar-refractivity contribution in [3.63, 3.8) is 0 Å². The summed E-state index contributed by atoms with van der Waals surface area (Å²) in [5.41, 5.74) is 9.25. The zero-order valence-electron chi connectivity index (χ0n) is 11.9. The smallest absolute Gasteiger partial charge is 0.147 e. The standard InChI is InChI=1S/C15H16N4S2/c1-10-17-12(9-20-10)8-19(2)15-13(14(16)18-21-15)11-6-4-3-5-7-11/h3-7,9H,8H2,1-2H3,(H2,16,18). The Kier molecular flexibility index (Phi) is 3.90. The highest BCUT2D eigenvalue weighted by atomic mass is 32.1. The molecule has 0 fully saturated rings. The average Bonchev–Trinajstić information content (AvgIpc) is 3.06. The first-order chi connectivity index (χ1) is 10.1. The summed E-state index contributed by atoms with van der Waals surface area (Å²) in [6, 6.07) is 10.1. The third-order valence-electron chi connectivity index (χ3n) is 3.18. The molecule has 1 aromatic carbocycles. The molecule has 21 heavy (non-hydrogen) atoms. The lowest BCUT2D eigenvalue weighted by Crippen LogP contribution is -2.16. The summed E-state index contributed by atoms with van der Waals surface area (Å²) < 4.78 is 4.32. The molecule has 3 aromatic rings. The molecule has 0 radical (unpaired) electrons. The van der Waals surface area contributed by atoms with Gasteiger partial charge in [-0.3, -0.25) is 0 Å². The van der Waals surface area contributed by atoms with Crippen molar-refractivity contribution < 1.29 is 0 Å². The lowest BCUT2D eigenvalue weighted by molar-refractivity contribution is 0.900. The number of aromatic nitrogens is 2. The van der Waals surface area contributed by atoms with Crippen LogP contribution in [-0.4, -0.2) is 16.4 Å². The Balaban J connectivity index is 1.92. The normalized spacial score (nSPS) is 10.8. The number of benzene rings is 1. The zero-order valence-corrected chi connectivity index (χ0v) is 13.5. The van der Waals surface area contributed by atoms with E-state index >= 15 is 0 Å². The highest BCUT2D eigenvalue weighted by Gasteiger charge is 2.17. The monoisotopic (exact) mass is 316 g/mol. The van der Waals surface area contributed by atoms with Crippen LogP contribution in [0.3, 0.4) is 0 Å². The van der Waals surface area contributed by atoms with Crippen LogP contribution in [0.15, 0.2) is 35.7 Å². The number of anilines is 2. The van der Waals surface area contributed by atoms with Crippen molar-refractivity contribution in [2.75, 3.05) is 17.7 Å². The topological polar surface area (TPSA) is 55.0 Å². The van der Waals surface area contributed by atoms with Gasteiger partial charge < -0.3 is 10.6 Å². The van der Waals surface area contributed by atoms with Crippen molar-refractivity contribution >= 4 is 33.7 Å². The summed E-state index contributed by atoms with van der Waals surface area (Å²) in [7, 11) is 2.05. The molecular weight excluding hydrogens is 300 g/mol. The Morgan fingerprint density at radius 3 is 2.67 bits per heavy atom. The maximum atomic E-state index is 6.07. The highest BCUT2D eigenvalue weighted by molar-refractivity contribution is 7.11. The quantitative estimate of drug-likeness (QED) is 0.795. The van der Waals surface area contributed by atoms with Crippen LogP contribution in [0.4, 0.5) is 10.8 Å². The Morgan fingerprint density at radius 1 is 1.24 bits per heavy atom. The highest BCUT2D eigenvalue weighted by Crippen LogP contribution is 2.39. The summed E-state index contributed by atoms with van der Waals surface area (Å²) in [4.78, 5) is 6.67. The predicted octanol–water partition coefficient (Wildman–Crippen LogP) is 3.79. The average molecular weight is 316 g/mol. The molecule has 0 aliphatic carbocycles. The lowest BCUT2D eigenvalue weighted by atomic mass is 10.1. The zero-order chi connectivity index (χ0) is 14.8. The molecule has 0 saturated carbocycles. The fourth-order valence-electron chi connectivity index (χ4n) is 2.23. The molecule has 0 saturated heterocycles. The van der Waals surface area contributed by atoms with E-state index in [1.165, 1.54) is 11.5 Å². The van der Waals surface area contributed by atoms with E-state index in [0.717, 1.165) is 33.4 Å². The van der Waals surface area contributed by atoms with E-state index in [1.807, 2.05) is 32.2 Å². The van der Waals surface area contributed by atoms with E-state index in [4.69, 9.17) is 5.73 Å². The number of rotatable bonds is 4. The Morgan fingerprint density at radius 2 is 2.00 bits per heavy atom. The van der Waals surface area contributed by atoms with Crippen LogP contribution in [0.2, 0.25) is 0 Å². The molecule has 2 aromatic heterocycles. The molecule has 0 atom stereocenters. The van der Waals surface area contributed by atoms with Gasteiger partial charge in [0.25, 0.3) is 0 Å². The Bertz CT molecular complexity index is 733. The maximum Gasteiger partial charge on any atom is 0.147 e. The van der Waals surface area contributed by atoms with Gasteiger partial charge in [-0.05, 0) is 24.0 Å². The summed E-state index contributed by atoms with van der Waals surface area (Å²) in [5, 5.41) is 4.26. The third kappa shape index (κ3) is 2.91. The van der Waals surface area contributed by atoms with Crippen LogP contribution >= 0.6 is 22.9 Å². The van der Waals surface area contributed by atoms with Crippen LogP contribution in [0.1, 0.15) is 10.7 Å². The van der Waals surface area contributed by atoms with E-state index in [1.54, 1.807) is 11.3 Å². The van der Waals surface area contributed by atoms with Gasteiger partial charge in [-0.1, -0.05) is 30.3 Å². The van der Waals surface area contributed by atoms with Gasteiger partial charge in [0.15, 0.2) is 0 Å². The number of hydrogen-bond donors (Lipinski definition) is 1. The predicted molar refractivity (Wildman–Crippen MR) is 90.9 cm³/mol. The van der Waals surface area contributed by atoms with Crippen molar-refractivity contribution in [3.8, 4) is 11.1 Å². The lowest BCUT2D eigenvalue weighted by Gasteiger charge is -2.17. The number of thiazole rings is 1. The van der Waals surface area contributed by atoms with Crippen LogP contribution in [0.25, 0.3) is 11.1 Å². The van der Waals surface area contributed by atoms with E-state index < -0.39 is 0 Å². The fraction of sp³-hybridized carbons (Fsp3) is 0.200. The number of hydrogen-bond acceptors (Lipinski definition) is 6. The molecule has 3 rings (SSSR count). The Labute approximate surface area is 132 Å². The molecule has 0 bridgehead atoms. The minimum Gasteiger partial charge on any atom is -0.382 e. The second-order valence-electron chi connectivity index (χ2n) is 4.83. The Hall–Kier alpha value is -1.92. The maximum absolute atomic E-state index is 6.07. The minimum atomic E-state index is 0.586. The van der Waals surface area contributed by atoms with Crippen LogP contribution in [0.5, 0.6) is 0 Å². The van der Waals surface area contributed by atoms with E-state index in [2.05, 4.69) is 31.8 Å². The van der Waals surface area contributed by atoms with Gasteiger partial charge in [0, 0.05) is 12.4 Å². The number of nitrogen functional groups attached to an aromatic ring is 1. The summed E-state index contributed by atoms with van der Waals surface area (Å²) >= 11 is 3.10. The largest absolute Gasteiger partial charge is 0.382 e. The van der Waals surface area contributed by atoms with E-state index in [-0.39, 0.29) is 0 Å². The first-order valence-corrected chi connectivity index (χ1v) is 8.23. The molecule has 0 unspecified atom stereocenters. The van der Waals surface area contributed by atoms with Crippen molar-refractivity contribution in [3.05, 3.63) is 46.4 Å². The molecule has 0 aliphatic heterocycles. The number of nitrogens with zero attached hydrogens (tertiary/aromatic N) is 3. The summed E-state index contributed by atoms with van der Waals surface area (Å²) in [5.74, 6) is 0.586. The van der Waals surface area contributed by atoms with Crippen molar-refractivity contribution in [2.24, 2.45) is 0 Å². The fourth-order valence-corrected chi connectivity index (χ4v) is 3.62. The summed E-state index contributed by atoms with van der Waals surface area (Å²) in [6.07, 6.45) is 0. The van der Waals surface area contributed by atoms with Gasteiger partial charge in [-0.15, -0.1) is 11.3 Å². The second kappa shape index (κ2) is 5.83. The van der Waals surface area contributed by atoms with Gasteiger partial charge in [-0.2, -0.15) is 4.37 Å². The molecule has 2 N–H and O–H groups in total.